The van der Waals surface area contributed by atoms with Crippen LogP contribution >= 0.6 is 0 Å². The third-order valence-electron chi connectivity index (χ3n) is 0. The van der Waals surface area contributed by atoms with E-state index in [0.29, 0.717) is 0 Å². The largest absolute Gasteiger partial charge is 0.304 e. The zero-order valence-electron chi connectivity index (χ0n) is 2.34. The average Bonchev–Trinajstić information content (AvgIpc) is 0.918. The van der Waals surface area contributed by atoms with Gasteiger partial charge in [-0.15, -0.1) is 0 Å². The van der Waals surface area contributed by atoms with Gasteiger partial charge >= 0.3 is 0 Å². The molecule has 2 heteroatoms. The van der Waals surface area contributed by atoms with Crippen molar-refractivity contribution in [2.24, 2.45) is 0 Å². The second-order valence-corrected chi connectivity index (χ2v) is 0.236. The van der Waals surface area contributed by atoms with Gasteiger partial charge in [-0.2, -0.15) is 0 Å². The normalized spacial score (nSPS) is 3.25. The Kier molecular flexibility index (Phi) is 24.0. The van der Waals surface area contributed by atoms with Crippen LogP contribution in [0.1, 0.15) is 6.92 Å². The maximum absolute atomic E-state index is 8.81. The summed E-state index contributed by atoms with van der Waals surface area (Å²) in [5, 5.41) is 0. The standard InChI is InChI=1S/C2H4O.Fe/c1-2-3;/h2H,1H3;. The number of hydrogen-bond acceptors (Lipinski definition) is 1. The molecule has 0 saturated carbocycles. The van der Waals surface area contributed by atoms with Gasteiger partial charge in [0.15, 0.2) is 0 Å². The monoisotopic (exact) mass is 100.0 g/mol. The summed E-state index contributed by atoms with van der Waals surface area (Å²) in [5.74, 6) is 0. The Hall–Kier alpha value is 0.189. The second kappa shape index (κ2) is 10.8. The molecule has 0 aliphatic heterocycles. The van der Waals surface area contributed by atoms with E-state index in [4.69, 9.17) is 4.79 Å². The van der Waals surface area contributed by atoms with E-state index < -0.39 is 0 Å². The fraction of sp³-hybridized carbons (Fsp3) is 0.500. The van der Waals surface area contributed by atoms with Gasteiger partial charge in [-0.3, -0.25) is 0 Å². The van der Waals surface area contributed by atoms with Crippen molar-refractivity contribution in [1.82, 2.24) is 0 Å². The number of carbonyl (C=O) groups is 1. The first kappa shape index (κ1) is 8.89. The molecule has 0 spiro atoms. The fourth-order valence-electron chi connectivity index (χ4n) is 0. The summed E-state index contributed by atoms with van der Waals surface area (Å²) >= 11 is 0. The Morgan fingerprint density at radius 1 is 1.75 bits per heavy atom. The maximum Gasteiger partial charge on any atom is 0.116 e. The molecule has 0 aliphatic carbocycles. The van der Waals surface area contributed by atoms with E-state index in [1.54, 1.807) is 0 Å². The summed E-state index contributed by atoms with van der Waals surface area (Å²) in [4.78, 5) is 8.81. The van der Waals surface area contributed by atoms with Gasteiger partial charge in [-0.05, 0) is 6.92 Å². The maximum atomic E-state index is 8.81. The van der Waals surface area contributed by atoms with E-state index in [1.165, 1.54) is 6.92 Å². The van der Waals surface area contributed by atoms with Gasteiger partial charge in [-0.1, -0.05) is 0 Å². The van der Waals surface area contributed by atoms with Gasteiger partial charge in [-0.25, -0.2) is 0 Å². The molecule has 0 aromatic heterocycles. The molecule has 26 valence electrons. The van der Waals surface area contributed by atoms with Crippen LogP contribution in [0.15, 0.2) is 0 Å². The van der Waals surface area contributed by atoms with Crippen LogP contribution in [0.5, 0.6) is 0 Å². The van der Waals surface area contributed by atoms with E-state index in [-0.39, 0.29) is 17.1 Å². The molecule has 1 nitrogen and oxygen atoms in total. The van der Waals surface area contributed by atoms with Gasteiger partial charge in [0.05, 0.1) is 0 Å². The second-order valence-electron chi connectivity index (χ2n) is 0.236. The summed E-state index contributed by atoms with van der Waals surface area (Å²) in [7, 11) is 0. The number of aldehydes is 1. The third-order valence-corrected chi connectivity index (χ3v) is 0. The molecule has 0 aromatic carbocycles. The van der Waals surface area contributed by atoms with Gasteiger partial charge in [0, 0.05) is 17.1 Å². The minimum Gasteiger partial charge on any atom is -0.304 e. The van der Waals surface area contributed by atoms with Gasteiger partial charge in [0.25, 0.3) is 0 Å². The smallest absolute Gasteiger partial charge is 0.116 e. The van der Waals surface area contributed by atoms with Crippen molar-refractivity contribution in [3.8, 4) is 0 Å². The molecule has 0 aliphatic rings. The Morgan fingerprint density at radius 3 is 1.75 bits per heavy atom. The molecule has 0 fully saturated rings. The Labute approximate surface area is 35.9 Å². The molecule has 0 bridgehead atoms. The van der Waals surface area contributed by atoms with E-state index in [0.717, 1.165) is 6.29 Å². The van der Waals surface area contributed by atoms with Crippen molar-refractivity contribution in [3.05, 3.63) is 0 Å². The molecule has 0 saturated heterocycles. The topological polar surface area (TPSA) is 17.1 Å². The van der Waals surface area contributed by atoms with Crippen LogP contribution in [0.25, 0.3) is 0 Å². The molecule has 0 aromatic rings. The molecule has 0 unspecified atom stereocenters. The summed E-state index contributed by atoms with van der Waals surface area (Å²) in [5.41, 5.74) is 0. The van der Waals surface area contributed by atoms with Crippen molar-refractivity contribution in [1.29, 1.82) is 0 Å². The first-order valence-electron chi connectivity index (χ1n) is 0.813. The SMILES string of the molecule is CC=O.[Fe]. The van der Waals surface area contributed by atoms with E-state index in [9.17, 15) is 0 Å². The van der Waals surface area contributed by atoms with Crippen LogP contribution in [0.3, 0.4) is 0 Å². The fourth-order valence-corrected chi connectivity index (χ4v) is 0. The minimum atomic E-state index is 0. The average molecular weight is 99.9 g/mol. The van der Waals surface area contributed by atoms with Crippen molar-refractivity contribution in [3.63, 3.8) is 0 Å². The number of carbonyl (C=O) groups excluding carboxylic acids is 1. The molecule has 0 rings (SSSR count). The Balaban J connectivity index is 0. The molecule has 0 radical (unpaired) electrons. The zero-order chi connectivity index (χ0) is 2.71. The number of hydrogen-bond donors (Lipinski definition) is 0. The molecule has 0 heterocycles. The zero-order valence-corrected chi connectivity index (χ0v) is 3.44. The van der Waals surface area contributed by atoms with Gasteiger partial charge in [0.2, 0.25) is 0 Å². The molecule has 0 atom stereocenters. The summed E-state index contributed by atoms with van der Waals surface area (Å²) in [6.45, 7) is 1.44. The third kappa shape index (κ3) is 86.3. The Morgan fingerprint density at radius 2 is 1.75 bits per heavy atom. The number of rotatable bonds is 0. The summed E-state index contributed by atoms with van der Waals surface area (Å²) < 4.78 is 0. The van der Waals surface area contributed by atoms with Crippen molar-refractivity contribution in [2.45, 2.75) is 6.92 Å². The van der Waals surface area contributed by atoms with E-state index in [2.05, 4.69) is 0 Å². The predicted octanol–water partition coefficient (Wildman–Crippen LogP) is 0.203. The van der Waals surface area contributed by atoms with Crippen LogP contribution in [0, 0.1) is 0 Å². The van der Waals surface area contributed by atoms with E-state index in [1.807, 2.05) is 0 Å². The van der Waals surface area contributed by atoms with Crippen molar-refractivity contribution < 1.29 is 21.9 Å². The minimum absolute atomic E-state index is 0. The van der Waals surface area contributed by atoms with Crippen molar-refractivity contribution in [2.75, 3.05) is 0 Å². The van der Waals surface area contributed by atoms with Crippen LogP contribution in [0.4, 0.5) is 0 Å². The van der Waals surface area contributed by atoms with Crippen molar-refractivity contribution >= 4 is 6.29 Å². The molecule has 4 heavy (non-hydrogen) atoms. The quantitative estimate of drug-likeness (QED) is 0.314. The molecule has 0 amide bonds. The molecule has 0 N–H and O–H groups in total. The van der Waals surface area contributed by atoms with Crippen LogP contribution in [0.2, 0.25) is 0 Å². The van der Waals surface area contributed by atoms with Crippen LogP contribution < -0.4 is 0 Å². The summed E-state index contributed by atoms with van der Waals surface area (Å²) in [6, 6.07) is 0. The van der Waals surface area contributed by atoms with Crippen LogP contribution in [-0.4, -0.2) is 6.29 Å². The Bertz CT molecular complexity index is 13.5. The van der Waals surface area contributed by atoms with E-state index >= 15 is 0 Å². The predicted molar refractivity (Wildman–Crippen MR) is 11.7 cm³/mol. The molecular formula is C2H4FeO. The first-order valence-corrected chi connectivity index (χ1v) is 0.813. The van der Waals surface area contributed by atoms with Crippen LogP contribution in [-0.2, 0) is 21.9 Å². The van der Waals surface area contributed by atoms with Gasteiger partial charge in [0.1, 0.15) is 6.29 Å². The first-order chi connectivity index (χ1) is 1.41. The summed E-state index contributed by atoms with van der Waals surface area (Å²) in [6.07, 6.45) is 0.750. The van der Waals surface area contributed by atoms with Gasteiger partial charge < -0.3 is 4.79 Å². The molecular weight excluding hydrogens is 95.9 g/mol.